The zero-order valence-electron chi connectivity index (χ0n) is 19.1. The molecule has 0 aliphatic carbocycles. The Morgan fingerprint density at radius 2 is 0.875 bits per heavy atom. The molecule has 0 aliphatic rings. The second-order valence-corrected chi connectivity index (χ2v) is 8.07. The van der Waals surface area contributed by atoms with Gasteiger partial charge in [0.15, 0.2) is 0 Å². The number of hydrogen-bond donors (Lipinski definition) is 4. The van der Waals surface area contributed by atoms with Crippen molar-refractivity contribution in [3.05, 3.63) is 59.7 Å². The number of amides is 2. The van der Waals surface area contributed by atoms with E-state index in [-0.39, 0.29) is 11.8 Å². The first-order valence-electron chi connectivity index (χ1n) is 11.8. The number of benzene rings is 2. The van der Waals surface area contributed by atoms with Crippen molar-refractivity contribution in [1.29, 1.82) is 0 Å². The number of carbonyl (C=O) groups is 2. The zero-order valence-corrected chi connectivity index (χ0v) is 19.1. The van der Waals surface area contributed by atoms with E-state index in [0.29, 0.717) is 24.2 Å². The first kappa shape index (κ1) is 25.6. The maximum atomic E-state index is 12.3. The number of carbonyl (C=O) groups excluding carboxylic acids is 2. The minimum absolute atomic E-state index is 0.0505. The highest BCUT2D eigenvalue weighted by atomic mass is 16.2. The highest BCUT2D eigenvalue weighted by Gasteiger charge is 2.08. The van der Waals surface area contributed by atoms with Gasteiger partial charge in [-0.15, -0.1) is 0 Å². The summed E-state index contributed by atoms with van der Waals surface area (Å²) in [6, 6.07) is 15.1. The van der Waals surface area contributed by atoms with Gasteiger partial charge in [0.05, 0.1) is 0 Å². The van der Waals surface area contributed by atoms with Gasteiger partial charge in [0.25, 0.3) is 11.8 Å². The van der Waals surface area contributed by atoms with Crippen molar-refractivity contribution in [2.45, 2.75) is 51.4 Å². The lowest BCUT2D eigenvalue weighted by atomic mass is 10.0. The Hall–Kier alpha value is -2.70. The Balaban J connectivity index is 1.78. The third-order valence-electron chi connectivity index (χ3n) is 5.46. The van der Waals surface area contributed by atoms with Crippen LogP contribution in [-0.2, 0) is 0 Å². The summed E-state index contributed by atoms with van der Waals surface area (Å²) in [4.78, 5) is 24.6. The van der Waals surface area contributed by atoms with E-state index in [0.717, 1.165) is 75.6 Å². The fraction of sp³-hybridized carbons (Fsp3) is 0.462. The van der Waals surface area contributed by atoms with E-state index in [2.05, 4.69) is 10.6 Å². The van der Waals surface area contributed by atoms with Gasteiger partial charge in [0.2, 0.25) is 0 Å². The van der Waals surface area contributed by atoms with Gasteiger partial charge in [-0.3, -0.25) is 9.59 Å². The molecule has 2 amide bonds. The van der Waals surface area contributed by atoms with E-state index in [4.69, 9.17) is 11.5 Å². The van der Waals surface area contributed by atoms with Crippen LogP contribution in [0.25, 0.3) is 11.1 Å². The molecule has 32 heavy (non-hydrogen) atoms. The van der Waals surface area contributed by atoms with Crippen LogP contribution in [0.3, 0.4) is 0 Å². The van der Waals surface area contributed by atoms with Crippen LogP contribution in [0.5, 0.6) is 0 Å². The molecular formula is C26H38N4O2. The zero-order chi connectivity index (χ0) is 23.0. The Morgan fingerprint density at radius 1 is 0.531 bits per heavy atom. The van der Waals surface area contributed by atoms with Crippen LogP contribution in [0.1, 0.15) is 72.1 Å². The molecule has 2 aromatic carbocycles. The Labute approximate surface area is 192 Å². The SMILES string of the molecule is NCCCCCCNC(=O)c1ccc(-c2ccc(C(=O)NCCCCCCN)cc2)cc1. The summed E-state index contributed by atoms with van der Waals surface area (Å²) in [5.41, 5.74) is 14.3. The van der Waals surface area contributed by atoms with E-state index in [1.165, 1.54) is 0 Å². The molecule has 0 unspecified atom stereocenters. The maximum absolute atomic E-state index is 12.3. The van der Waals surface area contributed by atoms with Crippen LogP contribution in [0.2, 0.25) is 0 Å². The van der Waals surface area contributed by atoms with Crippen molar-refractivity contribution in [2.24, 2.45) is 11.5 Å². The van der Waals surface area contributed by atoms with Gasteiger partial charge in [0, 0.05) is 24.2 Å². The highest BCUT2D eigenvalue weighted by Crippen LogP contribution is 2.20. The third-order valence-corrected chi connectivity index (χ3v) is 5.46. The fourth-order valence-electron chi connectivity index (χ4n) is 3.48. The van der Waals surface area contributed by atoms with Crippen LogP contribution in [-0.4, -0.2) is 38.0 Å². The summed E-state index contributed by atoms with van der Waals surface area (Å²) < 4.78 is 0. The predicted octanol–water partition coefficient (Wildman–Crippen LogP) is 3.85. The number of nitrogens with one attached hydrogen (secondary N) is 2. The first-order valence-corrected chi connectivity index (χ1v) is 11.8. The maximum Gasteiger partial charge on any atom is 0.251 e. The van der Waals surface area contributed by atoms with Crippen molar-refractivity contribution in [2.75, 3.05) is 26.2 Å². The summed E-state index contributed by atoms with van der Waals surface area (Å²) >= 11 is 0. The van der Waals surface area contributed by atoms with Gasteiger partial charge in [0.1, 0.15) is 0 Å². The first-order chi connectivity index (χ1) is 15.7. The molecule has 2 rings (SSSR count). The Bertz CT molecular complexity index is 734. The lowest BCUT2D eigenvalue weighted by molar-refractivity contribution is 0.0944. The molecule has 0 aromatic heterocycles. The van der Waals surface area contributed by atoms with Gasteiger partial charge in [-0.05, 0) is 74.2 Å². The summed E-state index contributed by atoms with van der Waals surface area (Å²) in [7, 11) is 0. The van der Waals surface area contributed by atoms with Gasteiger partial charge in [-0.25, -0.2) is 0 Å². The molecule has 0 fully saturated rings. The molecule has 174 valence electrons. The highest BCUT2D eigenvalue weighted by molar-refractivity contribution is 5.95. The van der Waals surface area contributed by atoms with Crippen molar-refractivity contribution in [3.8, 4) is 11.1 Å². The molecule has 6 nitrogen and oxygen atoms in total. The average Bonchev–Trinajstić information content (AvgIpc) is 2.83. The van der Waals surface area contributed by atoms with Crippen LogP contribution in [0.4, 0.5) is 0 Å². The third kappa shape index (κ3) is 9.20. The molecule has 0 heterocycles. The van der Waals surface area contributed by atoms with Gasteiger partial charge in [-0.1, -0.05) is 49.9 Å². The molecule has 2 aromatic rings. The Morgan fingerprint density at radius 3 is 1.22 bits per heavy atom. The Kier molecular flexibility index (Phi) is 12.1. The summed E-state index contributed by atoms with van der Waals surface area (Å²) in [5, 5.41) is 5.93. The van der Waals surface area contributed by atoms with Crippen LogP contribution >= 0.6 is 0 Å². The fourth-order valence-corrected chi connectivity index (χ4v) is 3.48. The topological polar surface area (TPSA) is 110 Å². The second kappa shape index (κ2) is 15.2. The van der Waals surface area contributed by atoms with E-state index in [1.807, 2.05) is 48.5 Å². The lowest BCUT2D eigenvalue weighted by Crippen LogP contribution is -2.24. The molecule has 6 N–H and O–H groups in total. The average molecular weight is 439 g/mol. The smallest absolute Gasteiger partial charge is 0.251 e. The largest absolute Gasteiger partial charge is 0.352 e. The summed E-state index contributed by atoms with van der Waals surface area (Å²) in [6.07, 6.45) is 8.40. The van der Waals surface area contributed by atoms with E-state index in [1.54, 1.807) is 0 Å². The second-order valence-electron chi connectivity index (χ2n) is 8.07. The molecular weight excluding hydrogens is 400 g/mol. The predicted molar refractivity (Wildman–Crippen MR) is 132 cm³/mol. The van der Waals surface area contributed by atoms with Crippen molar-refractivity contribution < 1.29 is 9.59 Å². The number of nitrogens with two attached hydrogens (primary N) is 2. The number of unbranched alkanes of at least 4 members (excludes halogenated alkanes) is 6. The van der Waals surface area contributed by atoms with E-state index >= 15 is 0 Å². The molecule has 0 spiro atoms. The molecule has 0 radical (unpaired) electrons. The molecule has 0 saturated heterocycles. The normalized spacial score (nSPS) is 10.7. The van der Waals surface area contributed by atoms with Gasteiger partial charge >= 0.3 is 0 Å². The van der Waals surface area contributed by atoms with Crippen molar-refractivity contribution in [1.82, 2.24) is 10.6 Å². The monoisotopic (exact) mass is 438 g/mol. The van der Waals surface area contributed by atoms with Crippen molar-refractivity contribution >= 4 is 11.8 Å². The molecule has 0 saturated carbocycles. The molecule has 0 aliphatic heterocycles. The summed E-state index contributed by atoms with van der Waals surface area (Å²) in [6.45, 7) is 2.82. The quantitative estimate of drug-likeness (QED) is 0.317. The standard InChI is InChI=1S/C26H38N4O2/c27-17-5-1-3-7-19-29-25(31)23-13-9-21(10-14-23)22-11-15-24(16-12-22)26(32)30-20-8-4-2-6-18-28/h9-16H,1-8,17-20,27-28H2,(H,29,31)(H,30,32). The molecule has 0 bridgehead atoms. The van der Waals surface area contributed by atoms with Gasteiger partial charge in [-0.2, -0.15) is 0 Å². The van der Waals surface area contributed by atoms with Crippen molar-refractivity contribution in [3.63, 3.8) is 0 Å². The number of hydrogen-bond acceptors (Lipinski definition) is 4. The molecule has 0 atom stereocenters. The van der Waals surface area contributed by atoms with Gasteiger partial charge < -0.3 is 22.1 Å². The number of rotatable bonds is 15. The van der Waals surface area contributed by atoms with Crippen LogP contribution < -0.4 is 22.1 Å². The minimum atomic E-state index is -0.0505. The van der Waals surface area contributed by atoms with Crippen LogP contribution in [0, 0.1) is 0 Å². The minimum Gasteiger partial charge on any atom is -0.352 e. The lowest BCUT2D eigenvalue weighted by Gasteiger charge is -2.08. The summed E-state index contributed by atoms with van der Waals surface area (Å²) in [5.74, 6) is -0.101. The van der Waals surface area contributed by atoms with E-state index in [9.17, 15) is 9.59 Å². The van der Waals surface area contributed by atoms with Crippen LogP contribution in [0.15, 0.2) is 48.5 Å². The molecule has 6 heteroatoms. The van der Waals surface area contributed by atoms with E-state index < -0.39 is 0 Å².